The number of rotatable bonds is 11. The number of thioether (sulfide) groups is 1. The number of non-ortho nitro benzene ring substituents is 2. The van der Waals surface area contributed by atoms with E-state index in [2.05, 4.69) is 10.1 Å². The average molecular weight is 710 g/mol. The molecule has 0 saturated carbocycles. The van der Waals surface area contributed by atoms with E-state index in [9.17, 15) is 39.7 Å². The predicted octanol–water partition coefficient (Wildman–Crippen LogP) is 3.47. The van der Waals surface area contributed by atoms with E-state index in [1.54, 1.807) is 0 Å². The van der Waals surface area contributed by atoms with Gasteiger partial charge in [0.25, 0.3) is 23.2 Å². The highest BCUT2D eigenvalue weighted by Gasteiger charge is 2.60. The number of esters is 1. The second-order valence-electron chi connectivity index (χ2n) is 12.1. The van der Waals surface area contributed by atoms with E-state index in [0.29, 0.717) is 16.0 Å². The maximum atomic E-state index is 13.6. The van der Waals surface area contributed by atoms with E-state index in [0.717, 1.165) is 0 Å². The summed E-state index contributed by atoms with van der Waals surface area (Å²) in [7, 11) is 0. The molecule has 0 bridgehead atoms. The Kier molecular flexibility index (Phi) is 9.43. The Bertz CT molecular complexity index is 1860. The molecule has 0 unspecified atom stereocenters. The van der Waals surface area contributed by atoms with Gasteiger partial charge in [0, 0.05) is 46.9 Å². The van der Waals surface area contributed by atoms with E-state index in [1.165, 1.54) is 77.0 Å². The molecule has 3 N–H and O–H groups in total. The minimum Gasteiger partial charge on any atom is -0.456 e. The van der Waals surface area contributed by atoms with Crippen molar-refractivity contribution in [2.24, 2.45) is 11.8 Å². The summed E-state index contributed by atoms with van der Waals surface area (Å²) in [6.45, 7) is 3.09. The summed E-state index contributed by atoms with van der Waals surface area (Å²) in [6.07, 6.45) is -1.41. The van der Waals surface area contributed by atoms with Crippen molar-refractivity contribution in [3.8, 4) is 0 Å². The number of hydrogen-bond acceptors (Lipinski definition) is 15. The number of nitro groups is 2. The minimum absolute atomic E-state index is 0.0362. The summed E-state index contributed by atoms with van der Waals surface area (Å²) < 4.78 is 16.4. The summed E-state index contributed by atoms with van der Waals surface area (Å²) in [4.78, 5) is 68.6. The monoisotopic (exact) mass is 709 g/mol. The highest BCUT2D eigenvalue weighted by Crippen LogP contribution is 2.53. The number of ether oxygens (including phenoxy) is 2. The number of likely N-dealkylation sites (tertiary alicyclic amines) is 1. The van der Waals surface area contributed by atoms with Crippen LogP contribution in [0, 0.1) is 32.1 Å². The standard InChI is InChI=1S/C31H31N7O11S/c1-15-24-23(16(2)39)28(40)36(24)25(29(41)47-13-17-3-7-19(8-4-17)37(43)44)26(15)50-21-11-22(27-33-30(32)34-49-27)35(12-21)31(42)48-14-18-5-9-20(10-6-18)38(45)46/h3-10,15-16,21-24,39H,11-14H2,1-2H3,(H2,32,34)/t15-,16-,21+,22+,23-,24-/m1/s1. The van der Waals surface area contributed by atoms with Crippen LogP contribution in [0.5, 0.6) is 0 Å². The number of carbonyl (C=O) groups is 3. The number of fused-ring (bicyclic) bond motifs is 1. The van der Waals surface area contributed by atoms with Gasteiger partial charge < -0.3 is 29.7 Å². The summed E-state index contributed by atoms with van der Waals surface area (Å²) >= 11 is 1.29. The van der Waals surface area contributed by atoms with E-state index >= 15 is 0 Å². The number of hydrogen-bond donors (Lipinski definition) is 2. The summed E-state index contributed by atoms with van der Waals surface area (Å²) in [5.41, 5.74) is 6.53. The number of nitro benzene ring substituents is 2. The average Bonchev–Trinajstić information content (AvgIpc) is 3.77. The number of aliphatic hydroxyl groups excluding tert-OH is 1. The Morgan fingerprint density at radius 2 is 1.64 bits per heavy atom. The molecule has 2 saturated heterocycles. The van der Waals surface area contributed by atoms with Crippen LogP contribution in [0.3, 0.4) is 0 Å². The lowest BCUT2D eigenvalue weighted by molar-refractivity contribution is -0.385. The number of nitrogens with zero attached hydrogens (tertiary/aromatic N) is 6. The number of aromatic nitrogens is 2. The number of amides is 2. The molecular formula is C31H31N7O11S. The fourth-order valence-corrected chi connectivity index (χ4v) is 7.94. The number of aliphatic hydroxyl groups is 1. The molecule has 19 heteroatoms. The molecular weight excluding hydrogens is 678 g/mol. The van der Waals surface area contributed by atoms with Crippen molar-refractivity contribution in [1.82, 2.24) is 19.9 Å². The summed E-state index contributed by atoms with van der Waals surface area (Å²) in [6, 6.07) is 9.83. The summed E-state index contributed by atoms with van der Waals surface area (Å²) in [5, 5.41) is 35.7. The highest BCUT2D eigenvalue weighted by molar-refractivity contribution is 8.03. The first-order chi connectivity index (χ1) is 23.8. The molecule has 0 radical (unpaired) electrons. The Labute approximate surface area is 287 Å². The summed E-state index contributed by atoms with van der Waals surface area (Å²) in [5.74, 6) is -2.37. The maximum absolute atomic E-state index is 13.6. The van der Waals surface area contributed by atoms with E-state index < -0.39 is 51.9 Å². The van der Waals surface area contributed by atoms with Gasteiger partial charge in [-0.2, -0.15) is 4.98 Å². The molecule has 18 nitrogen and oxygen atoms in total. The fourth-order valence-electron chi connectivity index (χ4n) is 6.42. The third-order valence-corrected chi connectivity index (χ3v) is 10.4. The zero-order chi connectivity index (χ0) is 35.9. The van der Waals surface area contributed by atoms with Crippen LogP contribution in [0.4, 0.5) is 22.1 Å². The van der Waals surface area contributed by atoms with Gasteiger partial charge >= 0.3 is 12.1 Å². The van der Waals surface area contributed by atoms with Crippen LogP contribution in [-0.4, -0.2) is 76.8 Å². The zero-order valence-corrected chi connectivity index (χ0v) is 27.4. The van der Waals surface area contributed by atoms with Gasteiger partial charge in [0.15, 0.2) is 0 Å². The van der Waals surface area contributed by atoms with E-state index in [1.807, 2.05) is 6.92 Å². The molecule has 3 aromatic rings. The van der Waals surface area contributed by atoms with Crippen molar-refractivity contribution in [2.75, 3.05) is 12.3 Å². The van der Waals surface area contributed by atoms with E-state index in [-0.39, 0.29) is 66.3 Å². The quantitative estimate of drug-likeness (QED) is 0.125. The maximum Gasteiger partial charge on any atom is 0.410 e. The van der Waals surface area contributed by atoms with Crippen LogP contribution in [0.15, 0.2) is 63.7 Å². The van der Waals surface area contributed by atoms with Crippen molar-refractivity contribution < 1.29 is 43.3 Å². The topological polar surface area (TPSA) is 248 Å². The molecule has 50 heavy (non-hydrogen) atoms. The van der Waals surface area contributed by atoms with Gasteiger partial charge in [-0.15, -0.1) is 11.8 Å². The lowest BCUT2D eigenvalue weighted by atomic mass is 9.79. The first-order valence-corrected chi connectivity index (χ1v) is 16.3. The Morgan fingerprint density at radius 1 is 1.06 bits per heavy atom. The Balaban J connectivity index is 1.22. The largest absolute Gasteiger partial charge is 0.456 e. The van der Waals surface area contributed by atoms with Gasteiger partial charge in [-0.1, -0.05) is 6.92 Å². The molecule has 1 aromatic heterocycles. The third-order valence-electron chi connectivity index (χ3n) is 8.86. The number of benzene rings is 2. The predicted molar refractivity (Wildman–Crippen MR) is 172 cm³/mol. The number of β-lactam (4-membered cyclic amide) rings is 1. The fraction of sp³-hybridized carbons (Fsp3) is 0.387. The molecule has 2 aromatic carbocycles. The van der Waals surface area contributed by atoms with Crippen molar-refractivity contribution in [1.29, 1.82) is 0 Å². The van der Waals surface area contributed by atoms with Crippen molar-refractivity contribution >= 4 is 47.1 Å². The molecule has 0 spiro atoms. The molecule has 3 aliphatic heterocycles. The van der Waals surface area contributed by atoms with Gasteiger partial charge in [0.1, 0.15) is 25.0 Å². The Hall–Kier alpha value is -5.56. The van der Waals surface area contributed by atoms with Crippen LogP contribution in [0.1, 0.15) is 43.3 Å². The van der Waals surface area contributed by atoms with Gasteiger partial charge in [-0.3, -0.25) is 29.9 Å². The lowest BCUT2D eigenvalue weighted by Gasteiger charge is -2.46. The van der Waals surface area contributed by atoms with Gasteiger partial charge in [0.05, 0.1) is 27.9 Å². The number of anilines is 1. The van der Waals surface area contributed by atoms with Crippen molar-refractivity contribution in [3.05, 3.63) is 96.4 Å². The second-order valence-corrected chi connectivity index (χ2v) is 13.4. The van der Waals surface area contributed by atoms with Crippen LogP contribution in [0.2, 0.25) is 0 Å². The van der Waals surface area contributed by atoms with Crippen LogP contribution in [-0.2, 0) is 32.3 Å². The van der Waals surface area contributed by atoms with Gasteiger partial charge in [0.2, 0.25) is 5.91 Å². The van der Waals surface area contributed by atoms with Gasteiger partial charge in [-0.05, 0) is 53.9 Å². The first kappa shape index (κ1) is 34.3. The smallest absolute Gasteiger partial charge is 0.410 e. The van der Waals surface area contributed by atoms with Gasteiger partial charge in [-0.25, -0.2) is 9.59 Å². The molecule has 0 aliphatic carbocycles. The normalized spacial score (nSPS) is 23.3. The number of nitrogens with two attached hydrogens (primary N) is 1. The molecule has 6 atom stereocenters. The lowest BCUT2D eigenvalue weighted by Crippen LogP contribution is -2.63. The Morgan fingerprint density at radius 3 is 2.16 bits per heavy atom. The number of carbonyl (C=O) groups excluding carboxylic acids is 3. The third kappa shape index (κ3) is 6.56. The molecule has 6 rings (SSSR count). The van der Waals surface area contributed by atoms with Crippen LogP contribution in [0.25, 0.3) is 0 Å². The van der Waals surface area contributed by atoms with E-state index in [4.69, 9.17) is 19.7 Å². The molecule has 2 amide bonds. The molecule has 3 aliphatic rings. The molecule has 2 fully saturated rings. The number of nitrogen functional groups attached to an aromatic ring is 1. The zero-order valence-electron chi connectivity index (χ0n) is 26.6. The first-order valence-electron chi connectivity index (χ1n) is 15.4. The highest BCUT2D eigenvalue weighted by atomic mass is 32.2. The van der Waals surface area contributed by atoms with Crippen molar-refractivity contribution in [2.45, 2.75) is 56.9 Å². The minimum atomic E-state index is -0.965. The second kappa shape index (κ2) is 13.7. The molecule has 4 heterocycles. The molecule has 262 valence electrons. The van der Waals surface area contributed by atoms with Crippen LogP contribution >= 0.6 is 11.8 Å². The SMILES string of the molecule is C[C@@H](O)[C@H]1C(=O)N2C(C(=O)OCc3ccc([N+](=O)[O-])cc3)=C(S[C@H]3C[C@@H](c4nc(N)no4)N(C(=O)OCc4ccc([N+](=O)[O-])cc4)C3)[C@H](C)[C@H]12. The van der Waals surface area contributed by atoms with Crippen molar-refractivity contribution in [3.63, 3.8) is 0 Å². The van der Waals surface area contributed by atoms with Crippen LogP contribution < -0.4 is 5.73 Å².